The lowest BCUT2D eigenvalue weighted by molar-refractivity contribution is 0.102. The Labute approximate surface area is 134 Å². The van der Waals surface area contributed by atoms with Crippen molar-refractivity contribution >= 4 is 29.0 Å². The van der Waals surface area contributed by atoms with Crippen molar-refractivity contribution in [1.29, 1.82) is 0 Å². The van der Waals surface area contributed by atoms with Gasteiger partial charge in [0.05, 0.1) is 17.8 Å². The average Bonchev–Trinajstić information content (AvgIpc) is 2.80. The van der Waals surface area contributed by atoms with Gasteiger partial charge in [-0.05, 0) is 32.6 Å². The number of hydrogen-bond acceptors (Lipinski definition) is 3. The highest BCUT2D eigenvalue weighted by atomic mass is 35.5. The molecule has 0 amide bonds. The van der Waals surface area contributed by atoms with Gasteiger partial charge in [-0.2, -0.15) is 5.10 Å². The molecule has 0 N–H and O–H groups in total. The fourth-order valence-corrected chi connectivity index (χ4v) is 2.44. The summed E-state index contributed by atoms with van der Waals surface area (Å²) in [4.78, 5) is 14.8. The van der Waals surface area contributed by atoms with Crippen molar-refractivity contribution in [2.24, 2.45) is 0 Å². The molecule has 1 aromatic carbocycles. The van der Waals surface area contributed by atoms with Gasteiger partial charge in [-0.3, -0.25) is 9.48 Å². The molecule has 112 valence electrons. The van der Waals surface area contributed by atoms with Crippen molar-refractivity contribution < 1.29 is 4.79 Å². The Balaban J connectivity index is 2.39. The lowest BCUT2D eigenvalue weighted by atomic mass is 10.0. The topological polar surface area (TPSA) is 38.1 Å². The first-order valence-corrected chi connectivity index (χ1v) is 7.33. The lowest BCUT2D eigenvalue weighted by Crippen LogP contribution is -2.22. The van der Waals surface area contributed by atoms with Crippen molar-refractivity contribution in [3.63, 3.8) is 0 Å². The summed E-state index contributed by atoms with van der Waals surface area (Å²) < 4.78 is 1.64. The SMILES string of the molecule is Cc1c(Cl)cccc1C(=O)c1c(Cl)cnn1CCN(C)C. The maximum atomic E-state index is 12.7. The van der Waals surface area contributed by atoms with Gasteiger partial charge in [0.2, 0.25) is 5.78 Å². The fraction of sp³-hybridized carbons (Fsp3) is 0.333. The van der Waals surface area contributed by atoms with Crippen molar-refractivity contribution in [3.05, 3.63) is 51.3 Å². The van der Waals surface area contributed by atoms with Gasteiger partial charge >= 0.3 is 0 Å². The molecule has 1 aromatic heterocycles. The molecule has 0 bridgehead atoms. The zero-order valence-corrected chi connectivity index (χ0v) is 13.7. The third-order valence-electron chi connectivity index (χ3n) is 3.28. The molecule has 2 aromatic rings. The predicted molar refractivity (Wildman–Crippen MR) is 85.4 cm³/mol. The zero-order valence-electron chi connectivity index (χ0n) is 12.2. The molecule has 21 heavy (non-hydrogen) atoms. The standard InChI is InChI=1S/C15H17Cl2N3O/c1-10-11(5-4-6-12(10)16)15(21)14-13(17)9-18-20(14)8-7-19(2)3/h4-6,9H,7-8H2,1-3H3. The van der Waals surface area contributed by atoms with E-state index in [1.165, 1.54) is 6.20 Å². The second-order valence-electron chi connectivity index (χ2n) is 5.11. The zero-order chi connectivity index (χ0) is 15.6. The van der Waals surface area contributed by atoms with Crippen LogP contribution in [0.1, 0.15) is 21.6 Å². The Kier molecular flexibility index (Phi) is 5.04. The monoisotopic (exact) mass is 325 g/mol. The van der Waals surface area contributed by atoms with Crippen LogP contribution in [-0.2, 0) is 6.54 Å². The smallest absolute Gasteiger partial charge is 0.212 e. The van der Waals surface area contributed by atoms with E-state index in [1.807, 2.05) is 25.9 Å². The molecule has 4 nitrogen and oxygen atoms in total. The van der Waals surface area contributed by atoms with E-state index < -0.39 is 0 Å². The van der Waals surface area contributed by atoms with Gasteiger partial charge in [0.15, 0.2) is 0 Å². The van der Waals surface area contributed by atoms with Crippen LogP contribution in [0, 0.1) is 6.92 Å². The van der Waals surface area contributed by atoms with Crippen molar-refractivity contribution in [2.75, 3.05) is 20.6 Å². The molecule has 0 aliphatic heterocycles. The highest BCUT2D eigenvalue weighted by molar-refractivity contribution is 6.35. The van der Waals surface area contributed by atoms with E-state index in [0.29, 0.717) is 27.8 Å². The van der Waals surface area contributed by atoms with Crippen molar-refractivity contribution in [1.82, 2.24) is 14.7 Å². The van der Waals surface area contributed by atoms with E-state index in [1.54, 1.807) is 22.9 Å². The maximum absolute atomic E-state index is 12.7. The van der Waals surface area contributed by atoms with E-state index in [4.69, 9.17) is 23.2 Å². The first-order chi connectivity index (χ1) is 9.91. The first kappa shape index (κ1) is 16.0. The lowest BCUT2D eigenvalue weighted by Gasteiger charge is -2.12. The maximum Gasteiger partial charge on any atom is 0.212 e. The molecule has 0 saturated heterocycles. The van der Waals surface area contributed by atoms with Crippen LogP contribution in [0.3, 0.4) is 0 Å². The summed E-state index contributed by atoms with van der Waals surface area (Å²) in [5.74, 6) is -0.156. The second-order valence-corrected chi connectivity index (χ2v) is 5.92. The Morgan fingerprint density at radius 2 is 2.00 bits per heavy atom. The Bertz CT molecular complexity index is 665. The summed E-state index contributed by atoms with van der Waals surface area (Å²) in [6.07, 6.45) is 1.50. The summed E-state index contributed by atoms with van der Waals surface area (Å²) in [6, 6.07) is 5.28. The Hall–Kier alpha value is -1.36. The number of aromatic nitrogens is 2. The molecule has 2 rings (SSSR count). The van der Waals surface area contributed by atoms with Crippen LogP contribution in [0.2, 0.25) is 10.0 Å². The summed E-state index contributed by atoms with van der Waals surface area (Å²) in [5.41, 5.74) is 1.71. The number of halogens is 2. The highest BCUT2D eigenvalue weighted by Crippen LogP contribution is 2.24. The number of likely N-dealkylation sites (N-methyl/N-ethyl adjacent to an activating group) is 1. The van der Waals surface area contributed by atoms with Crippen LogP contribution in [0.25, 0.3) is 0 Å². The number of carbonyl (C=O) groups is 1. The molecule has 1 heterocycles. The molecule has 0 spiro atoms. The van der Waals surface area contributed by atoms with Crippen molar-refractivity contribution in [3.8, 4) is 0 Å². The molecule has 6 heteroatoms. The third-order valence-corrected chi connectivity index (χ3v) is 3.97. The average molecular weight is 326 g/mol. The van der Waals surface area contributed by atoms with Gasteiger partial charge < -0.3 is 4.90 Å². The number of benzene rings is 1. The second kappa shape index (κ2) is 6.60. The summed E-state index contributed by atoms with van der Waals surface area (Å²) in [7, 11) is 3.93. The van der Waals surface area contributed by atoms with Crippen LogP contribution in [0.4, 0.5) is 0 Å². The normalized spacial score (nSPS) is 11.1. The number of ketones is 1. The summed E-state index contributed by atoms with van der Waals surface area (Å²) >= 11 is 12.2. The largest absolute Gasteiger partial charge is 0.308 e. The highest BCUT2D eigenvalue weighted by Gasteiger charge is 2.21. The number of rotatable bonds is 5. The minimum Gasteiger partial charge on any atom is -0.308 e. The van der Waals surface area contributed by atoms with E-state index in [-0.39, 0.29) is 5.78 Å². The molecular weight excluding hydrogens is 309 g/mol. The molecule has 0 unspecified atom stereocenters. The molecule has 0 radical (unpaired) electrons. The van der Waals surface area contributed by atoms with Gasteiger partial charge in [-0.1, -0.05) is 35.3 Å². The van der Waals surface area contributed by atoms with E-state index in [2.05, 4.69) is 5.10 Å². The fourth-order valence-electron chi connectivity index (χ4n) is 2.03. The van der Waals surface area contributed by atoms with Crippen LogP contribution in [-0.4, -0.2) is 41.1 Å². The molecular formula is C15H17Cl2N3O. The van der Waals surface area contributed by atoms with E-state index in [0.717, 1.165) is 12.1 Å². The number of nitrogens with zero attached hydrogens (tertiary/aromatic N) is 3. The van der Waals surface area contributed by atoms with Crippen LogP contribution < -0.4 is 0 Å². The van der Waals surface area contributed by atoms with Crippen LogP contribution >= 0.6 is 23.2 Å². The minimum absolute atomic E-state index is 0.156. The number of carbonyl (C=O) groups excluding carboxylic acids is 1. The molecule has 0 aliphatic rings. The quantitative estimate of drug-likeness (QED) is 0.792. The Morgan fingerprint density at radius 1 is 1.29 bits per heavy atom. The minimum atomic E-state index is -0.156. The molecule has 0 atom stereocenters. The van der Waals surface area contributed by atoms with Gasteiger partial charge in [-0.15, -0.1) is 0 Å². The predicted octanol–water partition coefficient (Wildman–Crippen LogP) is 3.29. The van der Waals surface area contributed by atoms with Gasteiger partial charge in [-0.25, -0.2) is 0 Å². The van der Waals surface area contributed by atoms with Crippen molar-refractivity contribution in [2.45, 2.75) is 13.5 Å². The van der Waals surface area contributed by atoms with Gasteiger partial charge in [0.1, 0.15) is 5.69 Å². The number of hydrogen-bond donors (Lipinski definition) is 0. The van der Waals surface area contributed by atoms with Crippen LogP contribution in [0.5, 0.6) is 0 Å². The van der Waals surface area contributed by atoms with E-state index >= 15 is 0 Å². The third kappa shape index (κ3) is 3.46. The Morgan fingerprint density at radius 3 is 2.67 bits per heavy atom. The van der Waals surface area contributed by atoms with Gasteiger partial charge in [0.25, 0.3) is 0 Å². The summed E-state index contributed by atoms with van der Waals surface area (Å²) in [6.45, 7) is 3.19. The van der Waals surface area contributed by atoms with Gasteiger partial charge in [0, 0.05) is 17.1 Å². The summed E-state index contributed by atoms with van der Waals surface area (Å²) in [5, 5.41) is 5.12. The molecule has 0 saturated carbocycles. The molecule has 0 fully saturated rings. The first-order valence-electron chi connectivity index (χ1n) is 6.57. The van der Waals surface area contributed by atoms with E-state index in [9.17, 15) is 4.79 Å². The molecule has 0 aliphatic carbocycles. The van der Waals surface area contributed by atoms with Crippen LogP contribution in [0.15, 0.2) is 24.4 Å².